The van der Waals surface area contributed by atoms with Crippen molar-refractivity contribution < 1.29 is 4.79 Å². The first-order valence-electron chi connectivity index (χ1n) is 4.04. The average molecular weight is 138 g/mol. The van der Waals surface area contributed by atoms with Gasteiger partial charge < -0.3 is 0 Å². The minimum atomic E-state index is 0.856. The lowest BCUT2D eigenvalue weighted by Gasteiger charge is -2.01. The van der Waals surface area contributed by atoms with Crippen molar-refractivity contribution in [1.29, 1.82) is 0 Å². The van der Waals surface area contributed by atoms with Crippen molar-refractivity contribution in [3.05, 3.63) is 12.2 Å². The second-order valence-electron chi connectivity index (χ2n) is 2.95. The smallest absolute Gasteiger partial charge is 0.142 e. The van der Waals surface area contributed by atoms with Crippen LogP contribution in [0.2, 0.25) is 0 Å². The molecule has 1 nitrogen and oxygen atoms in total. The summed E-state index contributed by atoms with van der Waals surface area (Å²) in [4.78, 5) is 9.89. The number of aldehydes is 1. The van der Waals surface area contributed by atoms with Gasteiger partial charge in [-0.2, -0.15) is 0 Å². The first kappa shape index (κ1) is 7.52. The first-order chi connectivity index (χ1) is 4.93. The molecule has 0 atom stereocenters. The van der Waals surface area contributed by atoms with Gasteiger partial charge in [-0.1, -0.05) is 31.8 Å². The van der Waals surface area contributed by atoms with Crippen LogP contribution in [-0.4, -0.2) is 6.29 Å². The van der Waals surface area contributed by atoms with Gasteiger partial charge in [0.2, 0.25) is 0 Å². The molecule has 1 heteroatoms. The van der Waals surface area contributed by atoms with Gasteiger partial charge in [0, 0.05) is 0 Å². The van der Waals surface area contributed by atoms with Gasteiger partial charge in [-0.15, -0.1) is 0 Å². The van der Waals surface area contributed by atoms with E-state index < -0.39 is 0 Å². The van der Waals surface area contributed by atoms with E-state index in [1.807, 2.05) is 6.08 Å². The standard InChI is InChI=1S/C9H14O/c10-8-4-3-7-9-5-1-2-6-9/h3-4,8-9H,1-2,5-7H2. The Balaban J connectivity index is 2.12. The minimum Gasteiger partial charge on any atom is -0.299 e. The van der Waals surface area contributed by atoms with E-state index in [2.05, 4.69) is 0 Å². The molecule has 1 aliphatic carbocycles. The molecule has 1 saturated carbocycles. The zero-order valence-corrected chi connectivity index (χ0v) is 6.25. The number of rotatable bonds is 3. The normalized spacial score (nSPS) is 20.4. The lowest BCUT2D eigenvalue weighted by Crippen LogP contribution is -1.88. The summed E-state index contributed by atoms with van der Waals surface area (Å²) in [5, 5.41) is 0. The zero-order valence-electron chi connectivity index (χ0n) is 6.25. The van der Waals surface area contributed by atoms with E-state index in [4.69, 9.17) is 0 Å². The van der Waals surface area contributed by atoms with E-state index >= 15 is 0 Å². The highest BCUT2D eigenvalue weighted by molar-refractivity contribution is 5.64. The summed E-state index contributed by atoms with van der Waals surface area (Å²) in [6.45, 7) is 0. The molecule has 1 rings (SSSR count). The van der Waals surface area contributed by atoms with E-state index in [0.29, 0.717) is 0 Å². The zero-order chi connectivity index (χ0) is 7.23. The van der Waals surface area contributed by atoms with Crippen LogP contribution in [0.3, 0.4) is 0 Å². The monoisotopic (exact) mass is 138 g/mol. The van der Waals surface area contributed by atoms with E-state index in [-0.39, 0.29) is 0 Å². The van der Waals surface area contributed by atoms with Gasteiger partial charge in [0.25, 0.3) is 0 Å². The lowest BCUT2D eigenvalue weighted by atomic mass is 10.0. The summed E-state index contributed by atoms with van der Waals surface area (Å²) < 4.78 is 0. The predicted octanol–water partition coefficient (Wildman–Crippen LogP) is 2.32. The van der Waals surface area contributed by atoms with Crippen LogP contribution in [0, 0.1) is 5.92 Å². The van der Waals surface area contributed by atoms with Crippen molar-refractivity contribution in [2.24, 2.45) is 5.92 Å². The first-order valence-corrected chi connectivity index (χ1v) is 4.04. The molecular weight excluding hydrogens is 124 g/mol. The summed E-state index contributed by atoms with van der Waals surface area (Å²) in [6, 6.07) is 0. The second-order valence-corrected chi connectivity index (χ2v) is 2.95. The number of allylic oxidation sites excluding steroid dienone is 2. The topological polar surface area (TPSA) is 17.1 Å². The number of carbonyl (C=O) groups is 1. The van der Waals surface area contributed by atoms with Crippen LogP contribution in [0.15, 0.2) is 12.2 Å². The summed E-state index contributed by atoms with van der Waals surface area (Å²) in [5.74, 6) is 0.871. The van der Waals surface area contributed by atoms with Crippen molar-refractivity contribution in [1.82, 2.24) is 0 Å². The van der Waals surface area contributed by atoms with Gasteiger partial charge in [0.1, 0.15) is 6.29 Å². The molecule has 0 unspecified atom stereocenters. The molecule has 0 aromatic heterocycles. The van der Waals surface area contributed by atoms with E-state index in [1.54, 1.807) is 6.08 Å². The Labute approximate surface area is 62.1 Å². The fraction of sp³-hybridized carbons (Fsp3) is 0.667. The van der Waals surface area contributed by atoms with Crippen molar-refractivity contribution in [3.63, 3.8) is 0 Å². The van der Waals surface area contributed by atoms with Crippen molar-refractivity contribution in [2.45, 2.75) is 32.1 Å². The minimum absolute atomic E-state index is 0.856. The summed E-state index contributed by atoms with van der Waals surface area (Å²) in [5.41, 5.74) is 0. The quantitative estimate of drug-likeness (QED) is 0.432. The molecule has 0 aliphatic heterocycles. The Bertz CT molecular complexity index is 121. The van der Waals surface area contributed by atoms with Crippen LogP contribution in [0.1, 0.15) is 32.1 Å². The second kappa shape index (κ2) is 4.26. The molecule has 0 bridgehead atoms. The van der Waals surface area contributed by atoms with E-state index in [1.165, 1.54) is 25.7 Å². The van der Waals surface area contributed by atoms with Crippen LogP contribution in [-0.2, 0) is 4.79 Å². The van der Waals surface area contributed by atoms with Gasteiger partial charge >= 0.3 is 0 Å². The molecule has 56 valence electrons. The molecule has 1 fully saturated rings. The molecule has 10 heavy (non-hydrogen) atoms. The fourth-order valence-corrected chi connectivity index (χ4v) is 1.57. The Hall–Kier alpha value is -0.590. The van der Waals surface area contributed by atoms with Gasteiger partial charge in [-0.05, 0) is 18.4 Å². The highest BCUT2D eigenvalue weighted by Gasteiger charge is 2.12. The Kier molecular flexibility index (Phi) is 3.20. The summed E-state index contributed by atoms with van der Waals surface area (Å²) in [7, 11) is 0. The maximum absolute atomic E-state index is 9.89. The summed E-state index contributed by atoms with van der Waals surface area (Å²) in [6.07, 6.45) is 11.1. The van der Waals surface area contributed by atoms with Crippen LogP contribution in [0.25, 0.3) is 0 Å². The van der Waals surface area contributed by atoms with Gasteiger partial charge in [-0.25, -0.2) is 0 Å². The van der Waals surface area contributed by atoms with E-state index in [0.717, 1.165) is 18.6 Å². The fourth-order valence-electron chi connectivity index (χ4n) is 1.57. The SMILES string of the molecule is O=CC=CCC1CCCC1. The Morgan fingerprint density at radius 2 is 2.00 bits per heavy atom. The molecule has 0 N–H and O–H groups in total. The van der Waals surface area contributed by atoms with Crippen LogP contribution < -0.4 is 0 Å². The molecule has 1 aliphatic rings. The van der Waals surface area contributed by atoms with Crippen molar-refractivity contribution >= 4 is 6.29 Å². The maximum atomic E-state index is 9.89. The number of hydrogen-bond donors (Lipinski definition) is 0. The number of carbonyl (C=O) groups excluding carboxylic acids is 1. The van der Waals surface area contributed by atoms with Crippen LogP contribution in [0.5, 0.6) is 0 Å². The van der Waals surface area contributed by atoms with Crippen molar-refractivity contribution in [2.75, 3.05) is 0 Å². The average Bonchev–Trinajstić information content (AvgIpc) is 2.41. The van der Waals surface area contributed by atoms with Gasteiger partial charge in [0.15, 0.2) is 0 Å². The Morgan fingerprint density at radius 3 is 2.60 bits per heavy atom. The lowest BCUT2D eigenvalue weighted by molar-refractivity contribution is -0.104. The highest BCUT2D eigenvalue weighted by atomic mass is 16.1. The Morgan fingerprint density at radius 1 is 1.30 bits per heavy atom. The molecule has 0 aromatic carbocycles. The third-order valence-electron chi connectivity index (χ3n) is 2.16. The molecule has 0 spiro atoms. The van der Waals surface area contributed by atoms with Gasteiger partial charge in [-0.3, -0.25) is 4.79 Å². The molecule has 0 saturated heterocycles. The van der Waals surface area contributed by atoms with Crippen LogP contribution in [0.4, 0.5) is 0 Å². The van der Waals surface area contributed by atoms with Gasteiger partial charge in [0.05, 0.1) is 0 Å². The van der Waals surface area contributed by atoms with Crippen LogP contribution >= 0.6 is 0 Å². The molecule has 0 amide bonds. The largest absolute Gasteiger partial charge is 0.299 e. The summed E-state index contributed by atoms with van der Waals surface area (Å²) >= 11 is 0. The molecule has 0 radical (unpaired) electrons. The molecular formula is C9H14O. The molecule has 0 heterocycles. The number of hydrogen-bond acceptors (Lipinski definition) is 1. The predicted molar refractivity (Wildman–Crippen MR) is 41.8 cm³/mol. The third-order valence-corrected chi connectivity index (χ3v) is 2.16. The maximum Gasteiger partial charge on any atom is 0.142 e. The van der Waals surface area contributed by atoms with Crippen molar-refractivity contribution in [3.8, 4) is 0 Å². The third kappa shape index (κ3) is 2.34. The molecule has 0 aromatic rings. The van der Waals surface area contributed by atoms with E-state index in [9.17, 15) is 4.79 Å². The highest BCUT2D eigenvalue weighted by Crippen LogP contribution is 2.27.